The number of benzene rings is 2. The number of nitrogens with one attached hydrogen (secondary N) is 2. The molecule has 0 radical (unpaired) electrons. The van der Waals surface area contributed by atoms with Gasteiger partial charge in [0.2, 0.25) is 0 Å². The fourth-order valence-electron chi connectivity index (χ4n) is 6.88. The number of hydrogen-bond donors (Lipinski definition) is 2. The number of ether oxygens (including phenoxy) is 2. The first kappa shape index (κ1) is 31.1. The lowest BCUT2D eigenvalue weighted by Gasteiger charge is -2.58. The number of anilines is 2. The predicted octanol–water partition coefficient (Wildman–Crippen LogP) is 6.53. The number of likely N-dealkylation sites (tertiary alicyclic amines) is 1. The van der Waals surface area contributed by atoms with Crippen LogP contribution < -0.4 is 15.4 Å². The summed E-state index contributed by atoms with van der Waals surface area (Å²) >= 11 is 0. The molecule has 3 heterocycles. The smallest absolute Gasteiger partial charge is 0.406 e. The minimum atomic E-state index is -4.39. The van der Waals surface area contributed by atoms with E-state index in [1.54, 1.807) is 19.2 Å². The van der Waals surface area contributed by atoms with E-state index in [1.807, 2.05) is 44.2 Å². The molecule has 1 saturated carbocycles. The lowest BCUT2D eigenvalue weighted by Crippen LogP contribution is -2.68. The summed E-state index contributed by atoms with van der Waals surface area (Å²) in [5.41, 5.74) is 2.92. The van der Waals surface area contributed by atoms with Gasteiger partial charge in [0, 0.05) is 41.7 Å². The number of aromatic nitrogens is 1. The second-order valence-corrected chi connectivity index (χ2v) is 13.3. The van der Waals surface area contributed by atoms with Crippen molar-refractivity contribution >= 4 is 22.3 Å². The second-order valence-electron chi connectivity index (χ2n) is 13.3. The van der Waals surface area contributed by atoms with Crippen LogP contribution >= 0.6 is 0 Å². The van der Waals surface area contributed by atoms with Crippen molar-refractivity contribution in [3.8, 4) is 23.7 Å². The normalized spacial score (nSPS) is 21.3. The van der Waals surface area contributed by atoms with Crippen molar-refractivity contribution in [2.45, 2.75) is 69.8 Å². The van der Waals surface area contributed by atoms with E-state index in [0.717, 1.165) is 68.6 Å². The van der Waals surface area contributed by atoms with Gasteiger partial charge in [-0.3, -0.25) is 4.90 Å². The van der Waals surface area contributed by atoms with Crippen LogP contribution in [-0.2, 0) is 16.7 Å². The van der Waals surface area contributed by atoms with Gasteiger partial charge in [-0.25, -0.2) is 0 Å². The van der Waals surface area contributed by atoms with Gasteiger partial charge in [0.15, 0.2) is 0 Å². The summed E-state index contributed by atoms with van der Waals surface area (Å²) in [6, 6.07) is 15.9. The molecule has 2 aromatic carbocycles. The molecule has 0 atom stereocenters. The first-order valence-electron chi connectivity index (χ1n) is 15.6. The highest BCUT2D eigenvalue weighted by Gasteiger charge is 2.50. The monoisotopic (exact) mass is 619 g/mol. The number of alkyl halides is 3. The van der Waals surface area contributed by atoms with Crippen molar-refractivity contribution < 1.29 is 22.6 Å². The Labute approximate surface area is 262 Å². The highest BCUT2D eigenvalue weighted by atomic mass is 19.4. The van der Waals surface area contributed by atoms with Crippen molar-refractivity contribution in [2.24, 2.45) is 5.41 Å². The summed E-state index contributed by atoms with van der Waals surface area (Å²) in [7, 11) is 1.55. The molecule has 0 amide bonds. The molecule has 3 fully saturated rings. The maximum Gasteiger partial charge on any atom is 0.406 e. The van der Waals surface area contributed by atoms with Gasteiger partial charge in [0.05, 0.1) is 55.3 Å². The first-order chi connectivity index (χ1) is 21.5. The van der Waals surface area contributed by atoms with E-state index in [0.29, 0.717) is 34.1 Å². The highest BCUT2D eigenvalue weighted by molar-refractivity contribution is 5.94. The molecule has 10 heteroatoms. The summed E-state index contributed by atoms with van der Waals surface area (Å²) in [6.07, 6.45) is -0.0992. The van der Waals surface area contributed by atoms with E-state index in [1.165, 1.54) is 4.57 Å². The third kappa shape index (κ3) is 6.59. The van der Waals surface area contributed by atoms with Crippen LogP contribution in [0.5, 0.6) is 5.75 Å². The van der Waals surface area contributed by atoms with Crippen LogP contribution in [-0.4, -0.2) is 67.7 Å². The van der Waals surface area contributed by atoms with Crippen molar-refractivity contribution in [3.05, 3.63) is 53.7 Å². The molecule has 2 saturated heterocycles. The molecule has 3 aliphatic rings. The van der Waals surface area contributed by atoms with Gasteiger partial charge in [0.25, 0.3) is 0 Å². The molecule has 2 N–H and O–H groups in total. The average molecular weight is 620 g/mol. The molecule has 2 aliphatic heterocycles. The van der Waals surface area contributed by atoms with Gasteiger partial charge in [0.1, 0.15) is 12.3 Å². The van der Waals surface area contributed by atoms with Gasteiger partial charge in [-0.15, -0.1) is 0 Å². The quantitative estimate of drug-likeness (QED) is 0.279. The van der Waals surface area contributed by atoms with Crippen LogP contribution in [0, 0.1) is 28.6 Å². The third-order valence-electron chi connectivity index (χ3n) is 9.54. The van der Waals surface area contributed by atoms with Crippen molar-refractivity contribution in [1.29, 1.82) is 5.26 Å². The number of hydrogen-bond acceptors (Lipinski definition) is 6. The minimum Gasteiger partial charge on any atom is -0.495 e. The van der Waals surface area contributed by atoms with Gasteiger partial charge >= 0.3 is 6.18 Å². The van der Waals surface area contributed by atoms with Crippen LogP contribution in [0.25, 0.3) is 10.9 Å². The van der Waals surface area contributed by atoms with E-state index < -0.39 is 18.1 Å². The molecule has 7 nitrogen and oxygen atoms in total. The Morgan fingerprint density at radius 3 is 2.44 bits per heavy atom. The van der Waals surface area contributed by atoms with Crippen molar-refractivity contribution in [1.82, 2.24) is 9.47 Å². The summed E-state index contributed by atoms with van der Waals surface area (Å²) in [5.74, 6) is 6.54. The Morgan fingerprint density at radius 2 is 1.80 bits per heavy atom. The molecule has 6 rings (SSSR count). The molecule has 1 aromatic heterocycles. The number of methoxy groups -OCH3 is 1. The Balaban J connectivity index is 1.15. The van der Waals surface area contributed by atoms with Gasteiger partial charge < -0.3 is 24.7 Å². The molecule has 0 unspecified atom stereocenters. The molecule has 1 spiro atoms. The predicted molar refractivity (Wildman–Crippen MR) is 169 cm³/mol. The average Bonchev–Trinajstić information content (AvgIpc) is 3.31. The van der Waals surface area contributed by atoms with E-state index in [4.69, 9.17) is 9.47 Å². The van der Waals surface area contributed by atoms with Gasteiger partial charge in [-0.05, 0) is 81.3 Å². The highest BCUT2D eigenvalue weighted by Crippen LogP contribution is 2.41. The fourth-order valence-corrected chi connectivity index (χ4v) is 6.88. The van der Waals surface area contributed by atoms with E-state index in [9.17, 15) is 18.4 Å². The summed E-state index contributed by atoms with van der Waals surface area (Å²) in [5, 5.41) is 17.1. The van der Waals surface area contributed by atoms with Crippen LogP contribution in [0.2, 0.25) is 0 Å². The number of halogens is 3. The SMILES string of the molecule is COc1cc(C(C)(C)C#N)ccc1NCC#Cc1cc2c(N[C@H]3CC[C@@H](N4CC5(COC5)C4)CC3)cccc2n1CC(F)(F)F. The van der Waals surface area contributed by atoms with E-state index >= 15 is 0 Å². The topological polar surface area (TPSA) is 74.5 Å². The fraction of sp³-hybridized carbons (Fsp3) is 0.514. The summed E-state index contributed by atoms with van der Waals surface area (Å²) in [6.45, 7) is 6.82. The Hall–Kier alpha value is -3.86. The zero-order chi connectivity index (χ0) is 31.8. The maximum atomic E-state index is 13.7. The van der Waals surface area contributed by atoms with Crippen LogP contribution in [0.3, 0.4) is 0 Å². The first-order valence-corrected chi connectivity index (χ1v) is 15.6. The number of nitriles is 1. The zero-order valence-electron chi connectivity index (χ0n) is 26.1. The van der Waals surface area contributed by atoms with E-state index in [-0.39, 0.29) is 12.6 Å². The zero-order valence-corrected chi connectivity index (χ0v) is 26.1. The molecular formula is C35H40F3N5O2. The lowest BCUT2D eigenvalue weighted by atomic mass is 9.75. The molecule has 238 valence electrons. The van der Waals surface area contributed by atoms with Crippen molar-refractivity contribution in [3.63, 3.8) is 0 Å². The van der Waals surface area contributed by atoms with Crippen molar-refractivity contribution in [2.75, 3.05) is 50.6 Å². The lowest BCUT2D eigenvalue weighted by molar-refractivity contribution is -0.200. The third-order valence-corrected chi connectivity index (χ3v) is 9.54. The maximum absolute atomic E-state index is 13.7. The largest absolute Gasteiger partial charge is 0.495 e. The van der Waals surface area contributed by atoms with Crippen LogP contribution in [0.4, 0.5) is 24.5 Å². The van der Waals surface area contributed by atoms with E-state index in [2.05, 4.69) is 33.4 Å². The molecule has 3 aromatic rings. The summed E-state index contributed by atoms with van der Waals surface area (Å²) < 4.78 is 53.3. The van der Waals surface area contributed by atoms with Crippen LogP contribution in [0.15, 0.2) is 42.5 Å². The number of nitrogens with zero attached hydrogens (tertiary/aromatic N) is 3. The van der Waals surface area contributed by atoms with Gasteiger partial charge in [-0.1, -0.05) is 18.1 Å². The Morgan fingerprint density at radius 1 is 1.04 bits per heavy atom. The molecule has 45 heavy (non-hydrogen) atoms. The number of fused-ring (bicyclic) bond motifs is 1. The molecule has 1 aliphatic carbocycles. The Bertz CT molecular complexity index is 1640. The Kier molecular flexibility index (Phi) is 8.41. The second kappa shape index (κ2) is 12.2. The number of rotatable bonds is 8. The van der Waals surface area contributed by atoms with Gasteiger partial charge in [-0.2, -0.15) is 18.4 Å². The standard InChI is InChI=1S/C35H40F3N5O2/c1-33(2,18-39)24-9-14-30(32(16-24)44-3)40-15-5-6-27-17-28-29(7-4-8-31(28)43(27)21-35(36,37)38)41-25-10-12-26(13-11-25)42-19-34(20-42)22-45-23-34/h4,7-9,14,16-17,25-26,40-41H,10-13,15,19-23H2,1-3H3/t25-,26+. The molecular weight excluding hydrogens is 579 g/mol. The molecule has 0 bridgehead atoms. The minimum absolute atomic E-state index is 0.199. The summed E-state index contributed by atoms with van der Waals surface area (Å²) in [4.78, 5) is 2.59. The van der Waals surface area contributed by atoms with Crippen LogP contribution in [0.1, 0.15) is 50.8 Å².